The summed E-state index contributed by atoms with van der Waals surface area (Å²) in [5.41, 5.74) is 1.37. The molecule has 7 heteroatoms. The van der Waals surface area contributed by atoms with Gasteiger partial charge in [0.15, 0.2) is 0 Å². The van der Waals surface area contributed by atoms with E-state index in [1.54, 1.807) is 7.11 Å². The van der Waals surface area contributed by atoms with E-state index in [0.29, 0.717) is 29.5 Å². The second-order valence-corrected chi connectivity index (χ2v) is 6.00. The first-order chi connectivity index (χ1) is 10.8. The SMILES string of the molecule is COCCc1nsc(Nc2ccc(N3CCCC3)c(F)c2)n1. The Morgan fingerprint density at radius 1 is 1.36 bits per heavy atom. The van der Waals surface area contributed by atoms with Crippen LogP contribution in [-0.4, -0.2) is 36.2 Å². The summed E-state index contributed by atoms with van der Waals surface area (Å²) in [7, 11) is 1.65. The third-order valence-electron chi connectivity index (χ3n) is 3.64. The standard InChI is InChI=1S/C15H19FN4OS/c1-21-9-6-14-18-15(22-19-14)17-11-4-5-13(12(16)10-11)20-7-2-3-8-20/h4-5,10H,2-3,6-9H2,1H3,(H,17,18,19). The number of anilines is 3. The van der Waals surface area contributed by atoms with E-state index in [-0.39, 0.29) is 5.82 Å². The molecular weight excluding hydrogens is 303 g/mol. The van der Waals surface area contributed by atoms with Crippen LogP contribution >= 0.6 is 11.5 Å². The monoisotopic (exact) mass is 322 g/mol. The first kappa shape index (κ1) is 15.2. The van der Waals surface area contributed by atoms with Crippen LogP contribution in [0.2, 0.25) is 0 Å². The molecule has 1 aromatic heterocycles. The first-order valence-electron chi connectivity index (χ1n) is 7.39. The van der Waals surface area contributed by atoms with Crippen LogP contribution in [0.3, 0.4) is 0 Å². The zero-order valence-electron chi connectivity index (χ0n) is 12.5. The van der Waals surface area contributed by atoms with Gasteiger partial charge in [-0.25, -0.2) is 9.37 Å². The number of methoxy groups -OCH3 is 1. The number of nitrogens with one attached hydrogen (secondary N) is 1. The number of ether oxygens (including phenoxy) is 1. The van der Waals surface area contributed by atoms with Gasteiger partial charge in [-0.05, 0) is 31.0 Å². The van der Waals surface area contributed by atoms with Gasteiger partial charge in [0, 0.05) is 43.8 Å². The summed E-state index contributed by atoms with van der Waals surface area (Å²) >= 11 is 1.27. The molecular formula is C15H19FN4OS. The second kappa shape index (κ2) is 7.02. The Bertz CT molecular complexity index is 628. The van der Waals surface area contributed by atoms with Crippen LogP contribution in [0.5, 0.6) is 0 Å². The van der Waals surface area contributed by atoms with Gasteiger partial charge in [0.05, 0.1) is 12.3 Å². The van der Waals surface area contributed by atoms with E-state index >= 15 is 0 Å². The van der Waals surface area contributed by atoms with Crippen molar-refractivity contribution in [3.8, 4) is 0 Å². The van der Waals surface area contributed by atoms with Crippen LogP contribution < -0.4 is 10.2 Å². The van der Waals surface area contributed by atoms with Gasteiger partial charge < -0.3 is 15.0 Å². The lowest BCUT2D eigenvalue weighted by Gasteiger charge is -2.18. The van der Waals surface area contributed by atoms with E-state index < -0.39 is 0 Å². The largest absolute Gasteiger partial charge is 0.384 e. The summed E-state index contributed by atoms with van der Waals surface area (Å²) in [4.78, 5) is 6.45. The molecule has 0 bridgehead atoms. The third kappa shape index (κ3) is 3.53. The highest BCUT2D eigenvalue weighted by Crippen LogP contribution is 2.27. The highest BCUT2D eigenvalue weighted by atomic mass is 32.1. The topological polar surface area (TPSA) is 50.3 Å². The van der Waals surface area contributed by atoms with Gasteiger partial charge >= 0.3 is 0 Å². The molecule has 0 amide bonds. The molecule has 3 rings (SSSR count). The fourth-order valence-electron chi connectivity index (χ4n) is 2.52. The number of rotatable bonds is 6. The van der Waals surface area contributed by atoms with Crippen LogP contribution in [-0.2, 0) is 11.2 Å². The van der Waals surface area contributed by atoms with E-state index in [1.807, 2.05) is 12.1 Å². The zero-order chi connectivity index (χ0) is 15.4. The van der Waals surface area contributed by atoms with Crippen LogP contribution in [0.15, 0.2) is 18.2 Å². The molecule has 0 radical (unpaired) electrons. The average molecular weight is 322 g/mol. The summed E-state index contributed by atoms with van der Waals surface area (Å²) in [5.74, 6) is 0.541. The predicted molar refractivity (Wildman–Crippen MR) is 86.6 cm³/mol. The van der Waals surface area contributed by atoms with Crippen molar-refractivity contribution >= 4 is 28.0 Å². The summed E-state index contributed by atoms with van der Waals surface area (Å²) in [5, 5.41) is 3.77. The number of benzene rings is 1. The highest BCUT2D eigenvalue weighted by molar-refractivity contribution is 7.09. The van der Waals surface area contributed by atoms with E-state index in [0.717, 1.165) is 31.8 Å². The summed E-state index contributed by atoms with van der Waals surface area (Å²) in [6, 6.07) is 5.23. The Labute approximate surface area is 133 Å². The number of hydrogen-bond acceptors (Lipinski definition) is 6. The molecule has 1 N–H and O–H groups in total. The molecule has 2 heterocycles. The molecule has 1 aliphatic rings. The molecule has 1 fully saturated rings. The molecule has 2 aromatic rings. The predicted octanol–water partition coefficient (Wildman–Crippen LogP) is 3.21. The van der Waals surface area contributed by atoms with Gasteiger partial charge in [-0.1, -0.05) is 0 Å². The van der Waals surface area contributed by atoms with Gasteiger partial charge in [-0.3, -0.25) is 0 Å². The Morgan fingerprint density at radius 3 is 2.91 bits per heavy atom. The normalized spacial score (nSPS) is 14.5. The Kier molecular flexibility index (Phi) is 4.84. The molecule has 0 saturated carbocycles. The van der Waals surface area contributed by atoms with Crippen LogP contribution in [0.1, 0.15) is 18.7 Å². The van der Waals surface area contributed by atoms with E-state index in [9.17, 15) is 4.39 Å². The Hall–Kier alpha value is -1.73. The van der Waals surface area contributed by atoms with Crippen LogP contribution in [0, 0.1) is 5.82 Å². The average Bonchev–Trinajstić information content (AvgIpc) is 3.17. The van der Waals surface area contributed by atoms with Crippen molar-refractivity contribution < 1.29 is 9.13 Å². The minimum Gasteiger partial charge on any atom is -0.384 e. The second-order valence-electron chi connectivity index (χ2n) is 5.24. The van der Waals surface area contributed by atoms with Gasteiger partial charge in [0.25, 0.3) is 0 Å². The minimum atomic E-state index is -0.198. The molecule has 118 valence electrons. The molecule has 0 aliphatic carbocycles. The molecule has 1 aliphatic heterocycles. The Balaban J connectivity index is 1.67. The van der Waals surface area contributed by atoms with Crippen molar-refractivity contribution in [2.75, 3.05) is 37.0 Å². The fourth-order valence-corrected chi connectivity index (χ4v) is 3.16. The van der Waals surface area contributed by atoms with Crippen molar-refractivity contribution in [2.24, 2.45) is 0 Å². The molecule has 0 spiro atoms. The zero-order valence-corrected chi connectivity index (χ0v) is 13.3. The number of halogens is 1. The first-order valence-corrected chi connectivity index (χ1v) is 8.16. The maximum Gasteiger partial charge on any atom is 0.207 e. The number of nitrogens with zero attached hydrogens (tertiary/aromatic N) is 3. The summed E-state index contributed by atoms with van der Waals surface area (Å²) in [6.07, 6.45) is 2.94. The quantitative estimate of drug-likeness (QED) is 0.885. The lowest BCUT2D eigenvalue weighted by molar-refractivity contribution is 0.201. The van der Waals surface area contributed by atoms with Crippen molar-refractivity contribution in [1.29, 1.82) is 0 Å². The fraction of sp³-hybridized carbons (Fsp3) is 0.467. The third-order valence-corrected chi connectivity index (χ3v) is 4.31. The highest BCUT2D eigenvalue weighted by Gasteiger charge is 2.16. The lowest BCUT2D eigenvalue weighted by Crippen LogP contribution is -2.18. The van der Waals surface area contributed by atoms with Crippen LogP contribution in [0.4, 0.5) is 20.9 Å². The van der Waals surface area contributed by atoms with Crippen molar-refractivity contribution in [1.82, 2.24) is 9.36 Å². The molecule has 5 nitrogen and oxygen atoms in total. The van der Waals surface area contributed by atoms with E-state index in [4.69, 9.17) is 4.74 Å². The van der Waals surface area contributed by atoms with Gasteiger partial charge in [-0.2, -0.15) is 4.37 Å². The molecule has 0 atom stereocenters. The number of aromatic nitrogens is 2. The maximum atomic E-state index is 14.2. The molecule has 22 heavy (non-hydrogen) atoms. The van der Waals surface area contributed by atoms with Crippen molar-refractivity contribution in [3.63, 3.8) is 0 Å². The van der Waals surface area contributed by atoms with Gasteiger partial charge in [0.1, 0.15) is 11.6 Å². The van der Waals surface area contributed by atoms with E-state index in [2.05, 4.69) is 19.6 Å². The smallest absolute Gasteiger partial charge is 0.207 e. The number of hydrogen-bond donors (Lipinski definition) is 1. The minimum absolute atomic E-state index is 0.198. The summed E-state index contributed by atoms with van der Waals surface area (Å²) < 4.78 is 23.5. The maximum absolute atomic E-state index is 14.2. The van der Waals surface area contributed by atoms with Gasteiger partial charge in [-0.15, -0.1) is 0 Å². The summed E-state index contributed by atoms with van der Waals surface area (Å²) in [6.45, 7) is 2.46. The van der Waals surface area contributed by atoms with Gasteiger partial charge in [0.2, 0.25) is 5.13 Å². The lowest BCUT2D eigenvalue weighted by atomic mass is 10.2. The van der Waals surface area contributed by atoms with Crippen LogP contribution in [0.25, 0.3) is 0 Å². The Morgan fingerprint density at radius 2 is 2.18 bits per heavy atom. The van der Waals surface area contributed by atoms with E-state index in [1.165, 1.54) is 17.6 Å². The molecule has 0 unspecified atom stereocenters. The van der Waals surface area contributed by atoms with Crippen molar-refractivity contribution in [2.45, 2.75) is 19.3 Å². The molecule has 1 aromatic carbocycles. The molecule has 1 saturated heterocycles. The van der Waals surface area contributed by atoms with Crippen molar-refractivity contribution in [3.05, 3.63) is 29.8 Å².